The molecule has 0 fully saturated rings. The van der Waals surface area contributed by atoms with E-state index in [9.17, 15) is 0 Å². The number of anilines is 1. The van der Waals surface area contributed by atoms with Crippen LogP contribution >= 0.6 is 27.5 Å². The van der Waals surface area contributed by atoms with Gasteiger partial charge in [-0.3, -0.25) is 0 Å². The molecule has 3 nitrogen and oxygen atoms in total. The highest BCUT2D eigenvalue weighted by Gasteiger charge is 2.13. The van der Waals surface area contributed by atoms with Gasteiger partial charge in [0.15, 0.2) is 0 Å². The molecule has 0 spiro atoms. The molecule has 0 heterocycles. The lowest BCUT2D eigenvalue weighted by molar-refractivity contribution is 0.390. The molecule has 0 aliphatic heterocycles. The van der Waals surface area contributed by atoms with E-state index >= 15 is 0 Å². The number of hydrogen-bond acceptors (Lipinski definition) is 3. The van der Waals surface area contributed by atoms with E-state index in [0.29, 0.717) is 5.02 Å². The Kier molecular flexibility index (Phi) is 5.37. The van der Waals surface area contributed by atoms with E-state index in [2.05, 4.69) is 28.2 Å². The van der Waals surface area contributed by atoms with E-state index in [4.69, 9.17) is 21.1 Å². The lowest BCUT2D eigenvalue weighted by atomic mass is 10.1. The third-order valence-electron chi connectivity index (χ3n) is 3.21. The number of halogens is 2. The van der Waals surface area contributed by atoms with Crippen LogP contribution in [0.4, 0.5) is 5.69 Å². The van der Waals surface area contributed by atoms with Crippen molar-refractivity contribution in [2.45, 2.75) is 13.0 Å². The van der Waals surface area contributed by atoms with Gasteiger partial charge in [-0.15, -0.1) is 0 Å². The summed E-state index contributed by atoms with van der Waals surface area (Å²) < 4.78 is 11.5. The first-order valence-electron chi connectivity index (χ1n) is 6.48. The van der Waals surface area contributed by atoms with Gasteiger partial charge in [-0.1, -0.05) is 11.6 Å². The van der Waals surface area contributed by atoms with Crippen LogP contribution in [0.1, 0.15) is 18.5 Å². The molecule has 2 rings (SSSR count). The predicted octanol–water partition coefficient (Wildman–Crippen LogP) is 5.29. The van der Waals surface area contributed by atoms with Crippen LogP contribution in [-0.2, 0) is 0 Å². The van der Waals surface area contributed by atoms with Gasteiger partial charge in [0.25, 0.3) is 0 Å². The van der Waals surface area contributed by atoms with Crippen LogP contribution in [0.25, 0.3) is 0 Å². The lowest BCUT2D eigenvalue weighted by Crippen LogP contribution is -2.08. The molecule has 2 aromatic rings. The van der Waals surface area contributed by atoms with Gasteiger partial charge in [0, 0.05) is 21.8 Å². The largest absolute Gasteiger partial charge is 0.497 e. The van der Waals surface area contributed by atoms with Gasteiger partial charge in [-0.05, 0) is 53.2 Å². The number of benzene rings is 2. The van der Waals surface area contributed by atoms with Crippen LogP contribution in [-0.4, -0.2) is 14.2 Å². The minimum atomic E-state index is 0.0823. The minimum Gasteiger partial charge on any atom is -0.497 e. The summed E-state index contributed by atoms with van der Waals surface area (Å²) in [5.74, 6) is 1.57. The van der Waals surface area contributed by atoms with Gasteiger partial charge in [-0.25, -0.2) is 0 Å². The van der Waals surface area contributed by atoms with Gasteiger partial charge >= 0.3 is 0 Å². The van der Waals surface area contributed by atoms with Crippen molar-refractivity contribution in [2.75, 3.05) is 19.5 Å². The van der Waals surface area contributed by atoms with E-state index in [1.54, 1.807) is 14.2 Å². The molecule has 21 heavy (non-hydrogen) atoms. The molecular formula is C16H17BrClNO2. The fraction of sp³-hybridized carbons (Fsp3) is 0.250. The highest BCUT2D eigenvalue weighted by molar-refractivity contribution is 9.10. The minimum absolute atomic E-state index is 0.0823. The first-order chi connectivity index (χ1) is 10.0. The molecule has 1 atom stereocenters. The fourth-order valence-corrected chi connectivity index (χ4v) is 2.59. The second-order valence-corrected chi connectivity index (χ2v) is 5.86. The summed E-state index contributed by atoms with van der Waals surface area (Å²) in [5, 5.41) is 4.12. The summed E-state index contributed by atoms with van der Waals surface area (Å²) in [7, 11) is 3.30. The van der Waals surface area contributed by atoms with Crippen molar-refractivity contribution in [2.24, 2.45) is 0 Å². The molecule has 0 radical (unpaired) electrons. The summed E-state index contributed by atoms with van der Waals surface area (Å²) in [6.07, 6.45) is 0. The first kappa shape index (κ1) is 16.0. The Balaban J connectivity index is 2.23. The zero-order valence-corrected chi connectivity index (χ0v) is 14.5. The SMILES string of the molecule is COc1ccc(C(C)Nc2ccc(Cl)c(Br)c2)c(OC)c1. The maximum atomic E-state index is 6.01. The van der Waals surface area contributed by atoms with Crippen molar-refractivity contribution in [1.82, 2.24) is 0 Å². The molecule has 5 heteroatoms. The van der Waals surface area contributed by atoms with E-state index in [1.807, 2.05) is 36.4 Å². The molecule has 0 saturated carbocycles. The molecule has 0 aromatic heterocycles. The highest BCUT2D eigenvalue weighted by Crippen LogP contribution is 2.32. The Labute approximate surface area is 138 Å². The summed E-state index contributed by atoms with van der Waals surface area (Å²) in [5.41, 5.74) is 2.04. The van der Waals surface area contributed by atoms with E-state index in [0.717, 1.165) is 27.2 Å². The molecule has 1 N–H and O–H groups in total. The number of hydrogen-bond donors (Lipinski definition) is 1. The fourth-order valence-electron chi connectivity index (χ4n) is 2.09. The standard InChI is InChI=1S/C16H17BrClNO2/c1-10(19-11-4-7-15(18)14(17)8-11)13-6-5-12(20-2)9-16(13)21-3/h4-10,19H,1-3H3. The van der Waals surface area contributed by atoms with E-state index in [1.165, 1.54) is 0 Å². The molecule has 112 valence electrons. The highest BCUT2D eigenvalue weighted by atomic mass is 79.9. The molecule has 0 bridgehead atoms. The maximum Gasteiger partial charge on any atom is 0.127 e. The molecule has 0 aliphatic carbocycles. The van der Waals surface area contributed by atoms with E-state index in [-0.39, 0.29) is 6.04 Å². The smallest absolute Gasteiger partial charge is 0.127 e. The molecule has 2 aromatic carbocycles. The second-order valence-electron chi connectivity index (χ2n) is 4.60. The van der Waals surface area contributed by atoms with Crippen LogP contribution in [0.15, 0.2) is 40.9 Å². The monoisotopic (exact) mass is 369 g/mol. The lowest BCUT2D eigenvalue weighted by Gasteiger charge is -2.19. The third kappa shape index (κ3) is 3.83. The molecule has 0 aliphatic rings. The second kappa shape index (κ2) is 7.05. The number of nitrogens with one attached hydrogen (secondary N) is 1. The quantitative estimate of drug-likeness (QED) is 0.775. The van der Waals surface area contributed by atoms with E-state index < -0.39 is 0 Å². The van der Waals surface area contributed by atoms with Crippen molar-refractivity contribution < 1.29 is 9.47 Å². The summed E-state index contributed by atoms with van der Waals surface area (Å²) >= 11 is 9.43. The van der Waals surface area contributed by atoms with Gasteiger partial charge < -0.3 is 14.8 Å². The molecular weight excluding hydrogens is 354 g/mol. The van der Waals surface area contributed by atoms with Gasteiger partial charge in [0.05, 0.1) is 25.3 Å². The summed E-state index contributed by atoms with van der Waals surface area (Å²) in [6, 6.07) is 11.6. The van der Waals surface area contributed by atoms with Crippen LogP contribution in [0, 0.1) is 0 Å². The molecule has 1 unspecified atom stereocenters. The Hall–Kier alpha value is -1.39. The van der Waals surface area contributed by atoms with Crippen molar-refractivity contribution in [3.05, 3.63) is 51.5 Å². The zero-order valence-electron chi connectivity index (χ0n) is 12.1. The molecule has 0 saturated heterocycles. The Morgan fingerprint density at radius 2 is 1.86 bits per heavy atom. The van der Waals surface area contributed by atoms with Gasteiger partial charge in [0.1, 0.15) is 11.5 Å². The Bertz CT molecular complexity index is 634. The average Bonchev–Trinajstić information content (AvgIpc) is 2.50. The maximum absolute atomic E-state index is 6.01. The zero-order chi connectivity index (χ0) is 15.4. The van der Waals surface area contributed by atoms with Crippen molar-refractivity contribution in [1.29, 1.82) is 0 Å². The number of methoxy groups -OCH3 is 2. The van der Waals surface area contributed by atoms with Crippen molar-refractivity contribution in [3.63, 3.8) is 0 Å². The average molecular weight is 371 g/mol. The van der Waals surface area contributed by atoms with Crippen LogP contribution in [0.2, 0.25) is 5.02 Å². The Morgan fingerprint density at radius 1 is 1.10 bits per heavy atom. The topological polar surface area (TPSA) is 30.5 Å². The number of rotatable bonds is 5. The third-order valence-corrected chi connectivity index (χ3v) is 4.42. The van der Waals surface area contributed by atoms with Gasteiger partial charge in [-0.2, -0.15) is 0 Å². The van der Waals surface area contributed by atoms with Crippen molar-refractivity contribution >= 4 is 33.2 Å². The number of ether oxygens (including phenoxy) is 2. The first-order valence-corrected chi connectivity index (χ1v) is 7.65. The van der Waals surface area contributed by atoms with Crippen LogP contribution in [0.5, 0.6) is 11.5 Å². The van der Waals surface area contributed by atoms with Crippen molar-refractivity contribution in [3.8, 4) is 11.5 Å². The molecule has 0 amide bonds. The summed E-state index contributed by atoms with van der Waals surface area (Å²) in [4.78, 5) is 0. The van der Waals surface area contributed by atoms with Gasteiger partial charge in [0.2, 0.25) is 0 Å². The Morgan fingerprint density at radius 3 is 2.48 bits per heavy atom. The van der Waals surface area contributed by atoms with Crippen LogP contribution in [0.3, 0.4) is 0 Å². The van der Waals surface area contributed by atoms with Crippen LogP contribution < -0.4 is 14.8 Å². The predicted molar refractivity (Wildman–Crippen MR) is 90.7 cm³/mol. The summed E-state index contributed by atoms with van der Waals surface area (Å²) in [6.45, 7) is 2.08. The normalized spacial score (nSPS) is 11.9.